The molecule has 0 saturated heterocycles. The second-order valence-electron chi connectivity index (χ2n) is 5.70. The molecule has 3 rings (SSSR count). The van der Waals surface area contributed by atoms with E-state index in [1.807, 2.05) is 37.3 Å². The molecule has 0 amide bonds. The highest BCUT2D eigenvalue weighted by Crippen LogP contribution is 2.17. The van der Waals surface area contributed by atoms with Crippen LogP contribution in [0.3, 0.4) is 0 Å². The summed E-state index contributed by atoms with van der Waals surface area (Å²) in [5.74, 6) is 0.732. The third-order valence-corrected chi connectivity index (χ3v) is 3.92. The van der Waals surface area contributed by atoms with E-state index in [2.05, 4.69) is 31.2 Å². The molecular weight excluding hydrogens is 284 g/mol. The lowest BCUT2D eigenvalue weighted by atomic mass is 10.1. The van der Waals surface area contributed by atoms with Crippen LogP contribution in [0.5, 0.6) is 0 Å². The van der Waals surface area contributed by atoms with Crippen molar-refractivity contribution in [3.8, 4) is 11.4 Å². The highest BCUT2D eigenvalue weighted by atomic mass is 16.1. The summed E-state index contributed by atoms with van der Waals surface area (Å²) in [6, 6.07) is 19.8. The minimum absolute atomic E-state index is 0.00345. The van der Waals surface area contributed by atoms with Gasteiger partial charge in [0, 0.05) is 17.3 Å². The molecule has 23 heavy (non-hydrogen) atoms. The molecule has 0 unspecified atom stereocenters. The molecule has 3 nitrogen and oxygen atoms in total. The van der Waals surface area contributed by atoms with Crippen LogP contribution in [-0.2, 0) is 13.0 Å². The zero-order valence-electron chi connectivity index (χ0n) is 13.5. The molecule has 3 heteroatoms. The van der Waals surface area contributed by atoms with Crippen molar-refractivity contribution < 1.29 is 0 Å². The van der Waals surface area contributed by atoms with Crippen LogP contribution < -0.4 is 5.56 Å². The van der Waals surface area contributed by atoms with Crippen LogP contribution in [0.4, 0.5) is 0 Å². The van der Waals surface area contributed by atoms with Crippen LogP contribution in [0.2, 0.25) is 0 Å². The zero-order chi connectivity index (χ0) is 16.2. The van der Waals surface area contributed by atoms with Crippen molar-refractivity contribution in [2.45, 2.75) is 26.8 Å². The smallest absolute Gasteiger partial charge is 0.254 e. The minimum Gasteiger partial charge on any atom is -0.288 e. The maximum absolute atomic E-state index is 12.6. The fourth-order valence-electron chi connectivity index (χ4n) is 2.57. The molecule has 0 N–H and O–H groups in total. The van der Waals surface area contributed by atoms with Gasteiger partial charge in [-0.15, -0.1) is 0 Å². The molecule has 2 aromatic carbocycles. The third-order valence-electron chi connectivity index (χ3n) is 3.92. The van der Waals surface area contributed by atoms with Gasteiger partial charge in [0.2, 0.25) is 0 Å². The maximum Gasteiger partial charge on any atom is 0.254 e. The second kappa shape index (κ2) is 6.61. The van der Waals surface area contributed by atoms with E-state index in [1.54, 1.807) is 10.6 Å². The Balaban J connectivity index is 2.11. The Hall–Kier alpha value is -2.68. The Kier molecular flexibility index (Phi) is 4.38. The lowest BCUT2D eigenvalue weighted by Gasteiger charge is -2.13. The average molecular weight is 304 g/mol. The summed E-state index contributed by atoms with van der Waals surface area (Å²) < 4.78 is 1.75. The van der Waals surface area contributed by atoms with Crippen molar-refractivity contribution in [2.24, 2.45) is 0 Å². The van der Waals surface area contributed by atoms with E-state index in [-0.39, 0.29) is 5.56 Å². The van der Waals surface area contributed by atoms with Gasteiger partial charge in [0.1, 0.15) is 5.82 Å². The normalized spacial score (nSPS) is 10.7. The minimum atomic E-state index is -0.00345. The van der Waals surface area contributed by atoms with Gasteiger partial charge in [0.25, 0.3) is 5.56 Å². The van der Waals surface area contributed by atoms with E-state index in [9.17, 15) is 4.79 Å². The van der Waals surface area contributed by atoms with Gasteiger partial charge in [-0.3, -0.25) is 9.36 Å². The predicted molar refractivity (Wildman–Crippen MR) is 93.6 cm³/mol. The fraction of sp³-hybridized carbons (Fsp3) is 0.200. The standard InChI is InChI=1S/C20H20N2O/c1-3-18-13-19(23)22(14-16-11-9-15(2)10-12-16)20(21-18)17-7-5-4-6-8-17/h4-13H,3,14H2,1-2H3. The maximum atomic E-state index is 12.6. The number of hydrogen-bond donors (Lipinski definition) is 0. The van der Waals surface area contributed by atoms with Crippen molar-refractivity contribution >= 4 is 0 Å². The molecule has 0 atom stereocenters. The molecule has 0 aliphatic carbocycles. The van der Waals surface area contributed by atoms with Crippen LogP contribution in [0, 0.1) is 6.92 Å². The molecule has 3 aromatic rings. The lowest BCUT2D eigenvalue weighted by molar-refractivity contribution is 0.736. The SMILES string of the molecule is CCc1cc(=O)n(Cc2ccc(C)cc2)c(-c2ccccc2)n1. The number of benzene rings is 2. The van der Waals surface area contributed by atoms with Gasteiger partial charge < -0.3 is 0 Å². The predicted octanol–water partition coefficient (Wildman–Crippen LogP) is 3.83. The molecular formula is C20H20N2O. The first kappa shape index (κ1) is 15.2. The first-order valence-electron chi connectivity index (χ1n) is 7.89. The summed E-state index contributed by atoms with van der Waals surface area (Å²) in [6.07, 6.45) is 0.750. The van der Waals surface area contributed by atoms with Gasteiger partial charge in [0.15, 0.2) is 0 Å². The first-order valence-corrected chi connectivity index (χ1v) is 7.89. The van der Waals surface area contributed by atoms with E-state index in [1.165, 1.54) is 5.56 Å². The lowest BCUT2D eigenvalue weighted by Crippen LogP contribution is -2.24. The van der Waals surface area contributed by atoms with E-state index >= 15 is 0 Å². The van der Waals surface area contributed by atoms with Gasteiger partial charge in [-0.1, -0.05) is 67.1 Å². The van der Waals surface area contributed by atoms with Crippen LogP contribution >= 0.6 is 0 Å². The number of aromatic nitrogens is 2. The average Bonchev–Trinajstić information content (AvgIpc) is 2.59. The van der Waals surface area contributed by atoms with Gasteiger partial charge in [0.05, 0.1) is 6.54 Å². The first-order chi connectivity index (χ1) is 11.2. The van der Waals surface area contributed by atoms with E-state index in [4.69, 9.17) is 4.98 Å². The number of rotatable bonds is 4. The van der Waals surface area contributed by atoms with Crippen LogP contribution in [0.25, 0.3) is 11.4 Å². The molecule has 1 heterocycles. The molecule has 0 aliphatic heterocycles. The molecule has 0 aliphatic rings. The largest absolute Gasteiger partial charge is 0.288 e. The summed E-state index contributed by atoms with van der Waals surface area (Å²) in [5, 5.41) is 0. The van der Waals surface area contributed by atoms with E-state index < -0.39 is 0 Å². The highest BCUT2D eigenvalue weighted by Gasteiger charge is 2.10. The molecule has 1 aromatic heterocycles. The van der Waals surface area contributed by atoms with Gasteiger partial charge in [-0.05, 0) is 18.9 Å². The van der Waals surface area contributed by atoms with E-state index in [0.29, 0.717) is 6.54 Å². The Labute approximate surface area is 136 Å². The highest BCUT2D eigenvalue weighted by molar-refractivity contribution is 5.55. The Bertz CT molecular complexity index is 849. The molecule has 0 saturated carbocycles. The Morgan fingerprint density at radius 3 is 2.35 bits per heavy atom. The second-order valence-corrected chi connectivity index (χ2v) is 5.70. The monoisotopic (exact) mass is 304 g/mol. The fourth-order valence-corrected chi connectivity index (χ4v) is 2.57. The topological polar surface area (TPSA) is 34.9 Å². The van der Waals surface area contributed by atoms with Crippen molar-refractivity contribution in [3.05, 3.63) is 87.8 Å². The third kappa shape index (κ3) is 3.39. The van der Waals surface area contributed by atoms with Crippen molar-refractivity contribution in [1.82, 2.24) is 9.55 Å². The van der Waals surface area contributed by atoms with Crippen LogP contribution in [-0.4, -0.2) is 9.55 Å². The molecule has 0 bridgehead atoms. The van der Waals surface area contributed by atoms with Crippen LogP contribution in [0.15, 0.2) is 65.5 Å². The summed E-state index contributed by atoms with van der Waals surface area (Å²) in [7, 11) is 0. The molecule has 0 fully saturated rings. The van der Waals surface area contributed by atoms with Crippen molar-refractivity contribution in [3.63, 3.8) is 0 Å². The molecule has 116 valence electrons. The summed E-state index contributed by atoms with van der Waals surface area (Å²) in [6.45, 7) is 4.60. The van der Waals surface area contributed by atoms with Gasteiger partial charge in [-0.25, -0.2) is 4.98 Å². The zero-order valence-corrected chi connectivity index (χ0v) is 13.5. The van der Waals surface area contributed by atoms with Crippen molar-refractivity contribution in [1.29, 1.82) is 0 Å². The molecule has 0 spiro atoms. The Morgan fingerprint density at radius 1 is 1.00 bits per heavy atom. The van der Waals surface area contributed by atoms with Gasteiger partial charge >= 0.3 is 0 Å². The quantitative estimate of drug-likeness (QED) is 0.734. The van der Waals surface area contributed by atoms with Crippen LogP contribution in [0.1, 0.15) is 23.7 Å². The van der Waals surface area contributed by atoms with E-state index in [0.717, 1.165) is 29.1 Å². The number of nitrogens with zero attached hydrogens (tertiary/aromatic N) is 2. The summed E-state index contributed by atoms with van der Waals surface area (Å²) >= 11 is 0. The molecule has 0 radical (unpaired) electrons. The number of hydrogen-bond acceptors (Lipinski definition) is 2. The Morgan fingerprint density at radius 2 is 1.70 bits per heavy atom. The number of aryl methyl sites for hydroxylation is 2. The van der Waals surface area contributed by atoms with Gasteiger partial charge in [-0.2, -0.15) is 0 Å². The summed E-state index contributed by atoms with van der Waals surface area (Å²) in [4.78, 5) is 17.3. The summed E-state index contributed by atoms with van der Waals surface area (Å²) in [5.41, 5.74) is 4.10. The van der Waals surface area contributed by atoms with Crippen molar-refractivity contribution in [2.75, 3.05) is 0 Å².